The molecule has 1 aliphatic heterocycles. The van der Waals surface area contributed by atoms with Crippen LogP contribution in [0.2, 0.25) is 0 Å². The predicted molar refractivity (Wildman–Crippen MR) is 86.6 cm³/mol. The topological polar surface area (TPSA) is 44.7 Å². The summed E-state index contributed by atoms with van der Waals surface area (Å²) in [5.74, 6) is 0.839. The van der Waals surface area contributed by atoms with Crippen molar-refractivity contribution >= 4 is 24.8 Å². The fraction of sp³-hybridized carbons (Fsp3) is 0.571. The van der Waals surface area contributed by atoms with E-state index in [1.807, 2.05) is 12.1 Å². The van der Waals surface area contributed by atoms with Crippen LogP contribution in [0.3, 0.4) is 0 Å². The van der Waals surface area contributed by atoms with Gasteiger partial charge in [-0.15, -0.1) is 24.8 Å². The molecule has 6 heteroatoms. The highest BCUT2D eigenvalue weighted by Gasteiger charge is 2.23. The molecule has 1 heterocycles. The highest BCUT2D eigenvalue weighted by atomic mass is 35.5. The van der Waals surface area contributed by atoms with Gasteiger partial charge in [-0.05, 0) is 12.5 Å². The molecule has 1 aromatic rings. The van der Waals surface area contributed by atoms with Crippen LogP contribution in [0.5, 0.6) is 11.5 Å². The molecule has 116 valence electrons. The molecule has 1 fully saturated rings. The van der Waals surface area contributed by atoms with Gasteiger partial charge in [0.1, 0.15) is 0 Å². The average Bonchev–Trinajstić information content (AvgIpc) is 2.43. The normalized spacial score (nSPS) is 16.7. The molecule has 0 aliphatic carbocycles. The van der Waals surface area contributed by atoms with Gasteiger partial charge in [0.2, 0.25) is 0 Å². The molecule has 0 unspecified atom stereocenters. The number of aromatic hydroxyl groups is 1. The number of para-hydroxylation sites is 1. The van der Waals surface area contributed by atoms with Gasteiger partial charge in [-0.25, -0.2) is 0 Å². The Morgan fingerprint density at radius 1 is 1.30 bits per heavy atom. The van der Waals surface area contributed by atoms with E-state index in [9.17, 15) is 5.11 Å². The van der Waals surface area contributed by atoms with Crippen LogP contribution in [0.15, 0.2) is 18.2 Å². The standard InChI is InChI=1S/C14H22N2O2.2ClH/c1-3-12(16-9-7-15-8-10-16)11-5-4-6-13(18-2)14(11)17;;/h4-6,12,15,17H,3,7-10H2,1-2H3;2*1H/t12-;;/m1../s1. The molecule has 1 aromatic carbocycles. The molecular formula is C14H24Cl2N2O2. The average molecular weight is 323 g/mol. The van der Waals surface area contributed by atoms with Crippen molar-refractivity contribution in [1.82, 2.24) is 10.2 Å². The number of nitrogens with zero attached hydrogens (tertiary/aromatic N) is 1. The molecule has 1 saturated heterocycles. The predicted octanol–water partition coefficient (Wildman–Crippen LogP) is 2.60. The maximum Gasteiger partial charge on any atom is 0.162 e. The Labute approximate surface area is 133 Å². The lowest BCUT2D eigenvalue weighted by Crippen LogP contribution is -2.45. The van der Waals surface area contributed by atoms with Gasteiger partial charge >= 0.3 is 0 Å². The second-order valence-electron chi connectivity index (χ2n) is 4.61. The summed E-state index contributed by atoms with van der Waals surface area (Å²) in [4.78, 5) is 2.42. The number of phenolic OH excluding ortho intramolecular Hbond substituents is 1. The van der Waals surface area contributed by atoms with Crippen LogP contribution in [-0.4, -0.2) is 43.3 Å². The van der Waals surface area contributed by atoms with Crippen LogP contribution < -0.4 is 10.1 Å². The fourth-order valence-electron chi connectivity index (χ4n) is 2.64. The third-order valence-corrected chi connectivity index (χ3v) is 3.59. The minimum atomic E-state index is 0. The maximum atomic E-state index is 10.3. The Bertz CT molecular complexity index is 399. The molecule has 2 N–H and O–H groups in total. The van der Waals surface area contributed by atoms with Crippen molar-refractivity contribution in [1.29, 1.82) is 0 Å². The molecule has 0 aromatic heterocycles. The Morgan fingerprint density at radius 3 is 2.50 bits per heavy atom. The minimum absolute atomic E-state index is 0. The van der Waals surface area contributed by atoms with Crippen LogP contribution in [0, 0.1) is 0 Å². The van der Waals surface area contributed by atoms with E-state index in [1.165, 1.54) is 0 Å². The molecule has 0 radical (unpaired) electrons. The summed E-state index contributed by atoms with van der Waals surface area (Å²) in [6.07, 6.45) is 0.987. The summed E-state index contributed by atoms with van der Waals surface area (Å²) in [6, 6.07) is 6.00. The summed E-state index contributed by atoms with van der Waals surface area (Å²) in [5.41, 5.74) is 0.971. The summed E-state index contributed by atoms with van der Waals surface area (Å²) in [7, 11) is 1.59. The number of ether oxygens (including phenoxy) is 1. The number of benzene rings is 1. The van der Waals surface area contributed by atoms with Crippen molar-refractivity contribution < 1.29 is 9.84 Å². The second-order valence-corrected chi connectivity index (χ2v) is 4.61. The molecule has 0 bridgehead atoms. The Balaban J connectivity index is 0.00000180. The van der Waals surface area contributed by atoms with E-state index < -0.39 is 0 Å². The van der Waals surface area contributed by atoms with Gasteiger partial charge in [0.25, 0.3) is 0 Å². The summed E-state index contributed by atoms with van der Waals surface area (Å²) in [5, 5.41) is 13.6. The highest BCUT2D eigenvalue weighted by Crippen LogP contribution is 2.37. The van der Waals surface area contributed by atoms with E-state index in [0.717, 1.165) is 38.2 Å². The number of nitrogens with one attached hydrogen (secondary N) is 1. The smallest absolute Gasteiger partial charge is 0.162 e. The van der Waals surface area contributed by atoms with Crippen molar-refractivity contribution in [3.63, 3.8) is 0 Å². The number of phenols is 1. The summed E-state index contributed by atoms with van der Waals surface area (Å²) >= 11 is 0. The minimum Gasteiger partial charge on any atom is -0.504 e. The number of hydrogen-bond acceptors (Lipinski definition) is 4. The SMILES string of the molecule is CC[C@H](c1cccc(OC)c1O)N1CCNCC1.Cl.Cl. The number of halogens is 2. The molecule has 20 heavy (non-hydrogen) atoms. The Morgan fingerprint density at radius 2 is 1.95 bits per heavy atom. The molecule has 0 saturated carbocycles. The summed E-state index contributed by atoms with van der Waals surface area (Å²) < 4.78 is 5.19. The first kappa shape index (κ1) is 19.3. The van der Waals surface area contributed by atoms with Gasteiger partial charge < -0.3 is 15.2 Å². The van der Waals surface area contributed by atoms with Crippen LogP contribution in [0.1, 0.15) is 24.9 Å². The van der Waals surface area contributed by atoms with Gasteiger partial charge in [-0.3, -0.25) is 4.90 Å². The van der Waals surface area contributed by atoms with Crippen molar-refractivity contribution in [3.05, 3.63) is 23.8 Å². The van der Waals surface area contributed by atoms with Crippen LogP contribution in [0.25, 0.3) is 0 Å². The van der Waals surface area contributed by atoms with E-state index in [2.05, 4.69) is 17.1 Å². The van der Waals surface area contributed by atoms with E-state index in [-0.39, 0.29) is 36.6 Å². The van der Waals surface area contributed by atoms with Gasteiger partial charge in [0, 0.05) is 37.8 Å². The molecule has 0 spiro atoms. The zero-order valence-electron chi connectivity index (χ0n) is 12.0. The fourth-order valence-corrected chi connectivity index (χ4v) is 2.64. The first-order chi connectivity index (χ1) is 8.77. The maximum absolute atomic E-state index is 10.3. The molecule has 1 atom stereocenters. The number of hydrogen-bond donors (Lipinski definition) is 2. The lowest BCUT2D eigenvalue weighted by atomic mass is 10.0. The van der Waals surface area contributed by atoms with Crippen LogP contribution in [-0.2, 0) is 0 Å². The van der Waals surface area contributed by atoms with Crippen molar-refractivity contribution in [2.75, 3.05) is 33.3 Å². The molecule has 4 nitrogen and oxygen atoms in total. The number of methoxy groups -OCH3 is 1. The lowest BCUT2D eigenvalue weighted by Gasteiger charge is -2.35. The Hall–Kier alpha value is -0.680. The molecule has 2 rings (SSSR count). The van der Waals surface area contributed by atoms with Gasteiger partial charge in [0.15, 0.2) is 11.5 Å². The zero-order chi connectivity index (χ0) is 13.0. The molecule has 0 amide bonds. The largest absolute Gasteiger partial charge is 0.504 e. The highest BCUT2D eigenvalue weighted by molar-refractivity contribution is 5.85. The number of rotatable bonds is 4. The third kappa shape index (κ3) is 4.16. The zero-order valence-corrected chi connectivity index (χ0v) is 13.6. The van der Waals surface area contributed by atoms with Crippen molar-refractivity contribution in [2.24, 2.45) is 0 Å². The van der Waals surface area contributed by atoms with E-state index in [1.54, 1.807) is 13.2 Å². The molecular weight excluding hydrogens is 299 g/mol. The number of piperazine rings is 1. The van der Waals surface area contributed by atoms with Gasteiger partial charge in [-0.2, -0.15) is 0 Å². The third-order valence-electron chi connectivity index (χ3n) is 3.59. The lowest BCUT2D eigenvalue weighted by molar-refractivity contribution is 0.166. The first-order valence-corrected chi connectivity index (χ1v) is 6.58. The van der Waals surface area contributed by atoms with E-state index in [4.69, 9.17) is 4.74 Å². The van der Waals surface area contributed by atoms with Crippen LogP contribution in [0.4, 0.5) is 0 Å². The quantitative estimate of drug-likeness (QED) is 0.894. The van der Waals surface area contributed by atoms with Crippen molar-refractivity contribution in [2.45, 2.75) is 19.4 Å². The van der Waals surface area contributed by atoms with E-state index >= 15 is 0 Å². The van der Waals surface area contributed by atoms with E-state index in [0.29, 0.717) is 5.75 Å². The van der Waals surface area contributed by atoms with Gasteiger partial charge in [0.05, 0.1) is 7.11 Å². The van der Waals surface area contributed by atoms with Gasteiger partial charge in [-0.1, -0.05) is 19.1 Å². The van der Waals surface area contributed by atoms with Crippen LogP contribution >= 0.6 is 24.8 Å². The molecule has 1 aliphatic rings. The van der Waals surface area contributed by atoms with Crippen molar-refractivity contribution in [3.8, 4) is 11.5 Å². The summed E-state index contributed by atoms with van der Waals surface area (Å²) in [6.45, 7) is 6.23. The Kier molecular flexibility index (Phi) is 8.98. The second kappa shape index (κ2) is 9.29. The first-order valence-electron chi connectivity index (χ1n) is 6.58. The monoisotopic (exact) mass is 322 g/mol.